The molecular weight excluding hydrogens is 699 g/mol. The standard InChI is InChI=1S/C52H35N3S/c1-52(2)44-31-36(35-26-28-41-39-24-13-12-22-37(39)38-23-14-15-25-40(38)43(41)30-35)27-29-42(44)45-46(52)48(56-47(45)32-16-6-3-7-17-32)51-54-49(33-18-8-4-9-19-33)53-50(55-51)34-20-10-5-11-21-34/h3-31H,1-2H3. The highest BCUT2D eigenvalue weighted by atomic mass is 32.1. The second-order valence-corrected chi connectivity index (χ2v) is 16.2. The van der Waals surface area contributed by atoms with Gasteiger partial charge in [0.2, 0.25) is 0 Å². The number of hydrogen-bond acceptors (Lipinski definition) is 4. The molecule has 0 atom stereocenters. The molecule has 0 amide bonds. The van der Waals surface area contributed by atoms with E-state index in [0.29, 0.717) is 17.5 Å². The van der Waals surface area contributed by atoms with Crippen LogP contribution >= 0.6 is 11.3 Å². The van der Waals surface area contributed by atoms with Gasteiger partial charge in [-0.15, -0.1) is 11.3 Å². The van der Waals surface area contributed by atoms with Crippen molar-refractivity contribution >= 4 is 43.7 Å². The minimum atomic E-state index is -0.328. The Kier molecular flexibility index (Phi) is 7.38. The van der Waals surface area contributed by atoms with E-state index in [4.69, 9.17) is 15.0 Å². The Hall–Kier alpha value is -6.75. The lowest BCUT2D eigenvalue weighted by atomic mass is 9.81. The van der Waals surface area contributed by atoms with E-state index in [2.05, 4.69) is 153 Å². The fourth-order valence-electron chi connectivity index (χ4n) is 8.83. The summed E-state index contributed by atoms with van der Waals surface area (Å²) >= 11 is 1.79. The molecule has 0 saturated heterocycles. The lowest BCUT2D eigenvalue weighted by Gasteiger charge is -2.23. The molecule has 0 spiro atoms. The van der Waals surface area contributed by atoms with Gasteiger partial charge >= 0.3 is 0 Å². The van der Waals surface area contributed by atoms with Gasteiger partial charge in [-0.1, -0.05) is 178 Å². The molecule has 0 saturated carbocycles. The molecular formula is C52H35N3S. The quantitative estimate of drug-likeness (QED) is 0.165. The summed E-state index contributed by atoms with van der Waals surface area (Å²) in [5.41, 5.74) is 10.4. The van der Waals surface area contributed by atoms with Gasteiger partial charge in [-0.05, 0) is 77.8 Å². The van der Waals surface area contributed by atoms with Gasteiger partial charge in [0.05, 0.1) is 4.88 Å². The third-order valence-corrected chi connectivity index (χ3v) is 12.7. The van der Waals surface area contributed by atoms with Crippen LogP contribution in [0.15, 0.2) is 176 Å². The van der Waals surface area contributed by atoms with Crippen molar-refractivity contribution in [1.82, 2.24) is 15.0 Å². The van der Waals surface area contributed by atoms with Gasteiger partial charge in [-0.25, -0.2) is 15.0 Å². The van der Waals surface area contributed by atoms with Crippen LogP contribution < -0.4 is 0 Å². The third kappa shape index (κ3) is 5.07. The van der Waals surface area contributed by atoms with Crippen molar-refractivity contribution in [1.29, 1.82) is 0 Å². The molecule has 2 heterocycles. The average Bonchev–Trinajstić information content (AvgIpc) is 3.78. The molecule has 4 heteroatoms. The van der Waals surface area contributed by atoms with Crippen molar-refractivity contribution in [2.45, 2.75) is 19.3 Å². The Labute approximate surface area is 329 Å². The molecule has 0 radical (unpaired) electrons. The number of aromatic nitrogens is 3. The van der Waals surface area contributed by atoms with Gasteiger partial charge in [0.15, 0.2) is 17.5 Å². The van der Waals surface area contributed by atoms with Crippen LogP contribution in [-0.2, 0) is 5.41 Å². The van der Waals surface area contributed by atoms with Crippen molar-refractivity contribution in [3.05, 3.63) is 187 Å². The molecule has 3 nitrogen and oxygen atoms in total. The summed E-state index contributed by atoms with van der Waals surface area (Å²) in [5, 5.41) is 7.72. The summed E-state index contributed by atoms with van der Waals surface area (Å²) in [6.07, 6.45) is 0. The van der Waals surface area contributed by atoms with Crippen molar-refractivity contribution < 1.29 is 0 Å². The highest BCUT2D eigenvalue weighted by Gasteiger charge is 2.42. The topological polar surface area (TPSA) is 38.7 Å². The molecule has 0 N–H and O–H groups in total. The first kappa shape index (κ1) is 32.7. The highest BCUT2D eigenvalue weighted by molar-refractivity contribution is 7.19. The SMILES string of the molecule is CC1(C)c2cc(-c3ccc4c5ccccc5c5ccccc5c4c3)ccc2-c2c(-c3ccccc3)sc(-c3nc(-c4ccccc4)nc(-c4ccccc4)n3)c21. The predicted octanol–water partition coefficient (Wildman–Crippen LogP) is 14.0. The Balaban J connectivity index is 1.12. The summed E-state index contributed by atoms with van der Waals surface area (Å²) < 4.78 is 0. The van der Waals surface area contributed by atoms with Crippen LogP contribution in [0.3, 0.4) is 0 Å². The van der Waals surface area contributed by atoms with Gasteiger partial charge < -0.3 is 0 Å². The van der Waals surface area contributed by atoms with E-state index >= 15 is 0 Å². The van der Waals surface area contributed by atoms with E-state index in [1.54, 1.807) is 11.3 Å². The van der Waals surface area contributed by atoms with Gasteiger partial charge in [0.25, 0.3) is 0 Å². The summed E-state index contributed by atoms with van der Waals surface area (Å²) in [4.78, 5) is 17.8. The smallest absolute Gasteiger partial charge is 0.174 e. The van der Waals surface area contributed by atoms with Gasteiger partial charge in [0, 0.05) is 27.0 Å². The first-order valence-corrected chi connectivity index (χ1v) is 19.9. The predicted molar refractivity (Wildman–Crippen MR) is 235 cm³/mol. The van der Waals surface area contributed by atoms with E-state index < -0.39 is 0 Å². The lowest BCUT2D eigenvalue weighted by molar-refractivity contribution is 0.663. The second kappa shape index (κ2) is 12.7. The van der Waals surface area contributed by atoms with Crippen LogP contribution in [-0.4, -0.2) is 15.0 Å². The van der Waals surface area contributed by atoms with Crippen molar-refractivity contribution in [3.63, 3.8) is 0 Å². The molecule has 8 aromatic carbocycles. The van der Waals surface area contributed by atoms with E-state index in [9.17, 15) is 0 Å². The minimum Gasteiger partial charge on any atom is -0.208 e. The Morgan fingerprint density at radius 1 is 0.375 bits per heavy atom. The summed E-state index contributed by atoms with van der Waals surface area (Å²) in [5.74, 6) is 2.05. The molecule has 0 aliphatic heterocycles. The number of fused-ring (bicyclic) bond motifs is 9. The normalized spacial score (nSPS) is 13.0. The zero-order valence-electron chi connectivity index (χ0n) is 31.0. The van der Waals surface area contributed by atoms with Crippen LogP contribution in [0.25, 0.3) is 98.5 Å². The molecule has 56 heavy (non-hydrogen) atoms. The van der Waals surface area contributed by atoms with Crippen LogP contribution in [0.1, 0.15) is 25.0 Å². The largest absolute Gasteiger partial charge is 0.208 e. The fourth-order valence-corrected chi connectivity index (χ4v) is 10.2. The van der Waals surface area contributed by atoms with E-state index in [-0.39, 0.29) is 5.41 Å². The zero-order valence-corrected chi connectivity index (χ0v) is 31.8. The summed E-state index contributed by atoms with van der Waals surface area (Å²) in [6, 6.07) is 62.9. The maximum Gasteiger partial charge on any atom is 0.174 e. The Morgan fingerprint density at radius 3 is 1.39 bits per heavy atom. The van der Waals surface area contributed by atoms with Crippen LogP contribution in [0.4, 0.5) is 0 Å². The van der Waals surface area contributed by atoms with E-state index in [0.717, 1.165) is 16.0 Å². The minimum absolute atomic E-state index is 0.328. The van der Waals surface area contributed by atoms with Crippen molar-refractivity contribution in [2.75, 3.05) is 0 Å². The lowest BCUT2D eigenvalue weighted by Crippen LogP contribution is -2.16. The van der Waals surface area contributed by atoms with Crippen LogP contribution in [0.5, 0.6) is 0 Å². The molecule has 1 aliphatic rings. The molecule has 10 aromatic rings. The monoisotopic (exact) mass is 733 g/mol. The van der Waals surface area contributed by atoms with E-state index in [1.165, 1.54) is 76.1 Å². The highest BCUT2D eigenvalue weighted by Crippen LogP contribution is 2.59. The zero-order chi connectivity index (χ0) is 37.4. The summed E-state index contributed by atoms with van der Waals surface area (Å²) in [7, 11) is 0. The molecule has 264 valence electrons. The summed E-state index contributed by atoms with van der Waals surface area (Å²) in [6.45, 7) is 4.73. The number of benzene rings is 8. The number of thiophene rings is 1. The number of rotatable bonds is 5. The maximum atomic E-state index is 5.24. The molecule has 11 rings (SSSR count). The van der Waals surface area contributed by atoms with Crippen LogP contribution in [0.2, 0.25) is 0 Å². The first-order chi connectivity index (χ1) is 27.5. The van der Waals surface area contributed by atoms with Gasteiger partial charge in [-0.2, -0.15) is 0 Å². The number of nitrogens with zero attached hydrogens (tertiary/aromatic N) is 3. The average molecular weight is 734 g/mol. The third-order valence-electron chi connectivity index (χ3n) is 11.5. The first-order valence-electron chi connectivity index (χ1n) is 19.1. The number of hydrogen-bond donors (Lipinski definition) is 0. The maximum absolute atomic E-state index is 5.24. The fraction of sp³-hybridized carbons (Fsp3) is 0.0577. The molecule has 0 fully saturated rings. The second-order valence-electron chi connectivity index (χ2n) is 15.2. The molecule has 0 bridgehead atoms. The molecule has 0 unspecified atom stereocenters. The Morgan fingerprint density at radius 2 is 0.821 bits per heavy atom. The van der Waals surface area contributed by atoms with Crippen molar-refractivity contribution in [3.8, 4) is 66.2 Å². The Bertz CT molecular complexity index is 3050. The van der Waals surface area contributed by atoms with Crippen LogP contribution in [0, 0.1) is 0 Å². The van der Waals surface area contributed by atoms with Gasteiger partial charge in [-0.3, -0.25) is 0 Å². The van der Waals surface area contributed by atoms with Gasteiger partial charge in [0.1, 0.15) is 0 Å². The van der Waals surface area contributed by atoms with E-state index in [1.807, 2.05) is 36.4 Å². The molecule has 1 aliphatic carbocycles. The molecule has 2 aromatic heterocycles. The van der Waals surface area contributed by atoms with Crippen molar-refractivity contribution in [2.24, 2.45) is 0 Å².